The molecule has 0 unspecified atom stereocenters. The summed E-state index contributed by atoms with van der Waals surface area (Å²) in [6, 6.07) is 0. The van der Waals surface area contributed by atoms with E-state index in [-0.39, 0.29) is 95.2 Å². The van der Waals surface area contributed by atoms with E-state index in [2.05, 4.69) is 22.5 Å². The molecular weight excluding hydrogens is 437 g/mol. The van der Waals surface area contributed by atoms with Crippen molar-refractivity contribution in [2.24, 2.45) is 17.2 Å². The maximum absolute atomic E-state index is 9.54. The van der Waals surface area contributed by atoms with Gasteiger partial charge in [0.2, 0.25) is 0 Å². The largest absolute Gasteiger partial charge is 1.00 e. The maximum atomic E-state index is 9.54. The van der Waals surface area contributed by atoms with Gasteiger partial charge in [0.25, 0.3) is 11.9 Å². The zero-order valence-corrected chi connectivity index (χ0v) is 23.0. The van der Waals surface area contributed by atoms with Gasteiger partial charge in [-0.25, -0.2) is 0 Å². The van der Waals surface area contributed by atoms with Crippen LogP contribution in [0.5, 0.6) is 0 Å². The van der Waals surface area contributed by atoms with Crippen molar-refractivity contribution in [1.29, 1.82) is 0 Å². The smallest absolute Gasteiger partial charge is 0.530 e. The Labute approximate surface area is 232 Å². The van der Waals surface area contributed by atoms with Crippen LogP contribution >= 0.6 is 0 Å². The van der Waals surface area contributed by atoms with Gasteiger partial charge in [-0.3, -0.25) is 14.4 Å². The average molecular weight is 458 g/mol. The van der Waals surface area contributed by atoms with Crippen molar-refractivity contribution < 1.29 is 148 Å². The van der Waals surface area contributed by atoms with E-state index < -0.39 is 36.2 Å². The SMILES string of the molecule is CC(=O)O.CC(=O)O.CNCC(=O)O.NC(=O)[O-].NC(=O)[O-].NC(=O)[O-].[Na+].[Na+].[Na+]. The van der Waals surface area contributed by atoms with E-state index in [0.29, 0.717) is 0 Å². The molecule has 0 aromatic heterocycles. The third-order valence-corrected chi connectivity index (χ3v) is 0.328. The molecule has 19 heteroatoms. The first kappa shape index (κ1) is 56.6. The Balaban J connectivity index is -0.0000000234. The summed E-state index contributed by atoms with van der Waals surface area (Å²) in [6.45, 7) is 2.21. The summed E-state index contributed by atoms with van der Waals surface area (Å²) in [6.07, 6.45) is -4.75. The zero-order valence-electron chi connectivity index (χ0n) is 17.0. The fourth-order valence-electron chi connectivity index (χ4n) is 0.151. The molecular formula is C10H21N4Na3O12. The summed E-state index contributed by atoms with van der Waals surface area (Å²) in [5.41, 5.74) is 11.8. The van der Waals surface area contributed by atoms with Crippen molar-refractivity contribution in [1.82, 2.24) is 5.32 Å². The number of amides is 3. The quantitative estimate of drug-likeness (QED) is 0.189. The fourth-order valence-corrected chi connectivity index (χ4v) is 0.151. The number of carboxylic acids is 3. The fraction of sp³-hybridized carbons (Fsp3) is 0.400. The standard InChI is InChI=1S/C3H7NO2.2C2H4O2.3CH3NO2.3Na/c1-4-2-3(5)6;2*1-2(3)4;3*2-1(3)4;;;/h4H,2H2,1H3,(H,5,6);2*1H3,(H,3,4);3*2H2,(H,3,4);;;/q;;;;;;3*+1/p-3. The van der Waals surface area contributed by atoms with Crippen molar-refractivity contribution in [3.8, 4) is 0 Å². The molecule has 0 bridgehead atoms. The van der Waals surface area contributed by atoms with E-state index >= 15 is 0 Å². The van der Waals surface area contributed by atoms with Crippen LogP contribution < -0.4 is 127 Å². The van der Waals surface area contributed by atoms with E-state index in [1.807, 2.05) is 0 Å². The number of rotatable bonds is 2. The molecule has 0 rings (SSSR count). The molecule has 16 nitrogen and oxygen atoms in total. The van der Waals surface area contributed by atoms with Crippen LogP contribution in [0.1, 0.15) is 13.8 Å². The number of hydrogen-bond donors (Lipinski definition) is 7. The number of aliphatic carboxylic acids is 3. The number of hydrogen-bond acceptors (Lipinski definition) is 10. The van der Waals surface area contributed by atoms with E-state index in [9.17, 15) is 4.79 Å². The minimum Gasteiger partial charge on any atom is -0.530 e. The number of nitrogens with two attached hydrogens (primary N) is 3. The number of carboxylic acid groups (broad SMARTS) is 6. The average Bonchev–Trinajstić information content (AvgIpc) is 2.23. The molecule has 0 aliphatic heterocycles. The molecule has 0 radical (unpaired) electrons. The minimum atomic E-state index is -1.58. The van der Waals surface area contributed by atoms with Gasteiger partial charge in [0.05, 0.1) is 6.54 Å². The summed E-state index contributed by atoms with van der Waals surface area (Å²) >= 11 is 0. The molecule has 0 spiro atoms. The van der Waals surface area contributed by atoms with Crippen LogP contribution in [-0.4, -0.2) is 65.1 Å². The van der Waals surface area contributed by atoms with Crippen LogP contribution in [0.2, 0.25) is 0 Å². The van der Waals surface area contributed by atoms with E-state index in [1.165, 1.54) is 0 Å². The van der Waals surface area contributed by atoms with Gasteiger partial charge in [0.1, 0.15) is 18.3 Å². The summed E-state index contributed by atoms with van der Waals surface area (Å²) < 4.78 is 0. The Kier molecular flexibility index (Phi) is 98.8. The molecule has 0 fully saturated rings. The van der Waals surface area contributed by atoms with Gasteiger partial charge in [0, 0.05) is 13.8 Å². The molecule has 0 aliphatic rings. The van der Waals surface area contributed by atoms with Crippen molar-refractivity contribution >= 4 is 36.2 Å². The van der Waals surface area contributed by atoms with Gasteiger partial charge in [-0.05, 0) is 7.05 Å². The van der Waals surface area contributed by atoms with Gasteiger partial charge >= 0.3 is 94.6 Å². The number of likely N-dealkylation sites (N-methyl/N-ethyl adjacent to an activating group) is 1. The normalized spacial score (nSPS) is 5.90. The number of carbonyl (C=O) groups excluding carboxylic acids is 3. The van der Waals surface area contributed by atoms with Crippen LogP contribution in [0, 0.1) is 0 Å². The molecule has 10 N–H and O–H groups in total. The topological polar surface area (TPSA) is 322 Å². The van der Waals surface area contributed by atoms with Crippen molar-refractivity contribution in [3.63, 3.8) is 0 Å². The molecule has 3 amide bonds. The van der Waals surface area contributed by atoms with Gasteiger partial charge in [-0.2, -0.15) is 0 Å². The summed E-state index contributed by atoms with van der Waals surface area (Å²) in [4.78, 5) is 53.5. The van der Waals surface area contributed by atoms with Crippen LogP contribution in [0.4, 0.5) is 14.4 Å². The molecule has 29 heavy (non-hydrogen) atoms. The summed E-state index contributed by atoms with van der Waals surface area (Å²) in [5.74, 6) is -2.49. The number of carbonyl (C=O) groups is 6. The van der Waals surface area contributed by atoms with E-state index in [1.54, 1.807) is 7.05 Å². The molecule has 0 saturated heterocycles. The van der Waals surface area contributed by atoms with Gasteiger partial charge < -0.3 is 67.5 Å². The first-order valence-corrected chi connectivity index (χ1v) is 5.58. The molecule has 0 heterocycles. The number of primary amides is 3. The van der Waals surface area contributed by atoms with Gasteiger partial charge in [0.15, 0.2) is 0 Å². The van der Waals surface area contributed by atoms with Gasteiger partial charge in [-0.15, -0.1) is 0 Å². The first-order chi connectivity index (χ1) is 11.4. The predicted molar refractivity (Wildman–Crippen MR) is 76.9 cm³/mol. The Morgan fingerprint density at radius 3 is 0.793 bits per heavy atom. The molecule has 0 aromatic carbocycles. The molecule has 0 atom stereocenters. The minimum absolute atomic E-state index is 0. The zero-order chi connectivity index (χ0) is 22.9. The van der Waals surface area contributed by atoms with Gasteiger partial charge in [-0.1, -0.05) is 0 Å². The second-order valence-corrected chi connectivity index (χ2v) is 2.92. The summed E-state index contributed by atoms with van der Waals surface area (Å²) in [5, 5.41) is 51.2. The predicted octanol–water partition coefficient (Wildman–Crippen LogP) is -14.7. The van der Waals surface area contributed by atoms with Crippen LogP contribution in [0.15, 0.2) is 0 Å². The monoisotopic (exact) mass is 458 g/mol. The number of nitrogens with one attached hydrogen (secondary N) is 1. The maximum Gasteiger partial charge on any atom is 1.00 e. The van der Waals surface area contributed by atoms with Crippen LogP contribution in [0.25, 0.3) is 0 Å². The summed E-state index contributed by atoms with van der Waals surface area (Å²) in [7, 11) is 1.59. The second kappa shape index (κ2) is 50.6. The third kappa shape index (κ3) is 3630. The van der Waals surface area contributed by atoms with Crippen LogP contribution in [-0.2, 0) is 14.4 Å². The van der Waals surface area contributed by atoms with Crippen LogP contribution in [0.3, 0.4) is 0 Å². The molecule has 0 saturated carbocycles. The molecule has 156 valence electrons. The third-order valence-electron chi connectivity index (χ3n) is 0.328. The molecule has 0 aromatic rings. The first-order valence-electron chi connectivity index (χ1n) is 5.58. The van der Waals surface area contributed by atoms with Crippen molar-refractivity contribution in [2.75, 3.05) is 13.6 Å². The Hall–Kier alpha value is -0.820. The van der Waals surface area contributed by atoms with Crippen molar-refractivity contribution in [2.45, 2.75) is 13.8 Å². The molecule has 0 aliphatic carbocycles. The Morgan fingerprint density at radius 2 is 0.793 bits per heavy atom. The van der Waals surface area contributed by atoms with E-state index in [4.69, 9.17) is 54.6 Å². The van der Waals surface area contributed by atoms with Crippen molar-refractivity contribution in [3.05, 3.63) is 0 Å². The van der Waals surface area contributed by atoms with E-state index in [0.717, 1.165) is 13.8 Å². The Morgan fingerprint density at radius 1 is 0.690 bits per heavy atom. The second-order valence-electron chi connectivity index (χ2n) is 2.92. The Bertz CT molecular complexity index is 337.